The molecule has 0 fully saturated rings. The lowest BCUT2D eigenvalue weighted by Gasteiger charge is -2.31. The molecule has 0 bridgehead atoms. The van der Waals surface area contributed by atoms with Gasteiger partial charge in [0.2, 0.25) is 0 Å². The second-order valence-electron chi connectivity index (χ2n) is 4.58. The summed E-state index contributed by atoms with van der Waals surface area (Å²) in [5, 5.41) is 0. The van der Waals surface area contributed by atoms with Crippen molar-refractivity contribution in [3.05, 3.63) is 0 Å². The van der Waals surface area contributed by atoms with Crippen LogP contribution in [-0.4, -0.2) is 29.0 Å². The molecule has 0 aliphatic carbocycles. The minimum Gasteiger partial charge on any atom is -0.393 e. The van der Waals surface area contributed by atoms with Gasteiger partial charge < -0.3 is 5.73 Å². The quantitative estimate of drug-likeness (QED) is 0.650. The Morgan fingerprint density at radius 2 is 1.80 bits per heavy atom. The maximum atomic E-state index is 5.56. The van der Waals surface area contributed by atoms with E-state index in [1.807, 2.05) is 0 Å². The first-order valence-corrected chi connectivity index (χ1v) is 6.44. The van der Waals surface area contributed by atoms with E-state index >= 15 is 0 Å². The first-order chi connectivity index (χ1) is 7.01. The average molecular weight is 230 g/mol. The van der Waals surface area contributed by atoms with E-state index < -0.39 is 0 Å². The third-order valence-electron chi connectivity index (χ3n) is 2.70. The molecule has 0 saturated carbocycles. The van der Waals surface area contributed by atoms with Crippen LogP contribution < -0.4 is 5.73 Å². The van der Waals surface area contributed by atoms with Crippen LogP contribution in [0.3, 0.4) is 0 Å². The number of thiocarbonyl (C=S) groups is 1. The summed E-state index contributed by atoms with van der Waals surface area (Å²) in [6.07, 6.45) is 3.26. The largest absolute Gasteiger partial charge is 0.393 e. The molecule has 0 aromatic carbocycles. The van der Waals surface area contributed by atoms with Gasteiger partial charge in [-0.2, -0.15) is 0 Å². The molecule has 0 aromatic rings. The summed E-state index contributed by atoms with van der Waals surface area (Å²) in [6.45, 7) is 11.2. The molecule has 0 spiro atoms. The van der Waals surface area contributed by atoms with Crippen molar-refractivity contribution in [2.45, 2.75) is 53.0 Å². The van der Waals surface area contributed by atoms with E-state index in [9.17, 15) is 0 Å². The minimum atomic E-state index is 0.634. The molecule has 3 heteroatoms. The molecule has 0 heterocycles. The van der Waals surface area contributed by atoms with Crippen LogP contribution in [0, 0.1) is 5.92 Å². The fraction of sp³-hybridized carbons (Fsp3) is 0.917. The van der Waals surface area contributed by atoms with Crippen LogP contribution in [0.15, 0.2) is 0 Å². The van der Waals surface area contributed by atoms with E-state index in [1.165, 1.54) is 12.8 Å². The number of nitrogens with zero attached hydrogens (tertiary/aromatic N) is 1. The topological polar surface area (TPSA) is 29.3 Å². The normalized spacial score (nSPS) is 11.7. The number of nitrogens with two attached hydrogens (primary N) is 1. The zero-order chi connectivity index (χ0) is 11.8. The second kappa shape index (κ2) is 8.05. The molecule has 0 aromatic heterocycles. The van der Waals surface area contributed by atoms with Crippen molar-refractivity contribution in [3.8, 4) is 0 Å². The van der Waals surface area contributed by atoms with Crippen LogP contribution in [0.1, 0.15) is 47.0 Å². The number of rotatable bonds is 8. The van der Waals surface area contributed by atoms with Gasteiger partial charge in [-0.15, -0.1) is 0 Å². The van der Waals surface area contributed by atoms with E-state index in [-0.39, 0.29) is 0 Å². The summed E-state index contributed by atoms with van der Waals surface area (Å²) in [5.41, 5.74) is 5.56. The molecule has 2 N–H and O–H groups in total. The fourth-order valence-electron chi connectivity index (χ4n) is 1.95. The highest BCUT2D eigenvalue weighted by Gasteiger charge is 2.15. The van der Waals surface area contributed by atoms with E-state index in [0.717, 1.165) is 19.5 Å². The van der Waals surface area contributed by atoms with Gasteiger partial charge in [-0.3, -0.25) is 4.90 Å². The van der Waals surface area contributed by atoms with Gasteiger partial charge in [0.1, 0.15) is 0 Å². The van der Waals surface area contributed by atoms with Crippen molar-refractivity contribution < 1.29 is 0 Å². The van der Waals surface area contributed by atoms with E-state index in [0.29, 0.717) is 16.9 Å². The number of hydrogen-bond acceptors (Lipinski definition) is 2. The lowest BCUT2D eigenvalue weighted by Crippen LogP contribution is -2.39. The third-order valence-corrected chi connectivity index (χ3v) is 2.91. The van der Waals surface area contributed by atoms with E-state index in [1.54, 1.807) is 0 Å². The first kappa shape index (κ1) is 14.8. The van der Waals surface area contributed by atoms with Crippen LogP contribution in [0.25, 0.3) is 0 Å². The molecule has 0 aliphatic rings. The standard InChI is InChI=1S/C12H26N2S/c1-5-11(6-2)14(9-10(3)4)8-7-12(13)15/h10-11H,5-9H2,1-4H3,(H2,13,15). The van der Waals surface area contributed by atoms with Gasteiger partial charge in [-0.05, 0) is 18.8 Å². The van der Waals surface area contributed by atoms with Gasteiger partial charge in [0.25, 0.3) is 0 Å². The molecule has 0 rings (SSSR count). The predicted molar refractivity (Wildman–Crippen MR) is 72.2 cm³/mol. The summed E-state index contributed by atoms with van der Waals surface area (Å²) in [4.78, 5) is 3.17. The third kappa shape index (κ3) is 6.85. The molecule has 0 saturated heterocycles. The molecule has 2 nitrogen and oxygen atoms in total. The van der Waals surface area contributed by atoms with Gasteiger partial charge in [0.15, 0.2) is 0 Å². The summed E-state index contributed by atoms with van der Waals surface area (Å²) in [5.74, 6) is 0.706. The Kier molecular flexibility index (Phi) is 7.97. The number of hydrogen-bond donors (Lipinski definition) is 1. The lowest BCUT2D eigenvalue weighted by molar-refractivity contribution is 0.170. The van der Waals surface area contributed by atoms with Crippen LogP contribution in [0.5, 0.6) is 0 Å². The van der Waals surface area contributed by atoms with E-state index in [2.05, 4.69) is 32.6 Å². The first-order valence-electron chi connectivity index (χ1n) is 6.03. The van der Waals surface area contributed by atoms with Gasteiger partial charge >= 0.3 is 0 Å². The summed E-state index contributed by atoms with van der Waals surface area (Å²) < 4.78 is 0. The van der Waals surface area contributed by atoms with Gasteiger partial charge in [0.05, 0.1) is 4.99 Å². The van der Waals surface area contributed by atoms with Gasteiger partial charge in [-0.1, -0.05) is 39.9 Å². The molecular weight excluding hydrogens is 204 g/mol. The SMILES string of the molecule is CCC(CC)N(CCC(N)=S)CC(C)C. The molecular formula is C12H26N2S. The van der Waals surface area contributed by atoms with Crippen LogP contribution in [-0.2, 0) is 0 Å². The average Bonchev–Trinajstić information content (AvgIpc) is 2.14. The summed E-state index contributed by atoms with van der Waals surface area (Å²) in [7, 11) is 0. The van der Waals surface area contributed by atoms with Crippen LogP contribution in [0.4, 0.5) is 0 Å². The molecule has 0 aliphatic heterocycles. The van der Waals surface area contributed by atoms with Crippen molar-refractivity contribution in [1.29, 1.82) is 0 Å². The Morgan fingerprint density at radius 1 is 1.27 bits per heavy atom. The van der Waals surface area contributed by atoms with Crippen molar-refractivity contribution in [2.24, 2.45) is 11.7 Å². The second-order valence-corrected chi connectivity index (χ2v) is 5.10. The zero-order valence-corrected chi connectivity index (χ0v) is 11.4. The molecule has 15 heavy (non-hydrogen) atoms. The Hall–Kier alpha value is -0.150. The summed E-state index contributed by atoms with van der Waals surface area (Å²) >= 11 is 4.94. The molecule has 90 valence electrons. The maximum absolute atomic E-state index is 5.56. The van der Waals surface area contributed by atoms with Crippen molar-refractivity contribution in [3.63, 3.8) is 0 Å². The molecule has 0 radical (unpaired) electrons. The molecule has 0 unspecified atom stereocenters. The van der Waals surface area contributed by atoms with Crippen molar-refractivity contribution in [1.82, 2.24) is 4.90 Å². The smallest absolute Gasteiger partial charge is 0.0740 e. The van der Waals surface area contributed by atoms with Crippen LogP contribution in [0.2, 0.25) is 0 Å². The van der Waals surface area contributed by atoms with Crippen molar-refractivity contribution in [2.75, 3.05) is 13.1 Å². The molecule has 0 amide bonds. The van der Waals surface area contributed by atoms with Crippen molar-refractivity contribution >= 4 is 17.2 Å². The predicted octanol–water partition coefficient (Wildman–Crippen LogP) is 2.81. The molecule has 0 atom stereocenters. The lowest BCUT2D eigenvalue weighted by atomic mass is 10.1. The zero-order valence-electron chi connectivity index (χ0n) is 10.6. The highest BCUT2D eigenvalue weighted by atomic mass is 32.1. The minimum absolute atomic E-state index is 0.634. The van der Waals surface area contributed by atoms with E-state index in [4.69, 9.17) is 18.0 Å². The Labute approximate surface area is 100 Å². The Balaban J connectivity index is 4.21. The van der Waals surface area contributed by atoms with Gasteiger partial charge in [0, 0.05) is 25.6 Å². The monoisotopic (exact) mass is 230 g/mol. The summed E-state index contributed by atoms with van der Waals surface area (Å²) in [6, 6.07) is 0.682. The highest BCUT2D eigenvalue weighted by molar-refractivity contribution is 7.80. The Bertz CT molecular complexity index is 176. The highest BCUT2D eigenvalue weighted by Crippen LogP contribution is 2.11. The van der Waals surface area contributed by atoms with Crippen LogP contribution >= 0.6 is 12.2 Å². The Morgan fingerprint density at radius 3 is 2.13 bits per heavy atom. The fourth-order valence-corrected chi connectivity index (χ4v) is 2.04. The van der Waals surface area contributed by atoms with Gasteiger partial charge in [-0.25, -0.2) is 0 Å². The maximum Gasteiger partial charge on any atom is 0.0740 e.